The molecule has 3 aromatic rings. The third-order valence-corrected chi connectivity index (χ3v) is 12.9. The van der Waals surface area contributed by atoms with Crippen LogP contribution in [-0.2, 0) is 29.2 Å². The molecule has 4 amide bonds. The maximum atomic E-state index is 14.5. The third kappa shape index (κ3) is 7.05. The van der Waals surface area contributed by atoms with Gasteiger partial charge in [0.2, 0.25) is 28.3 Å². The minimum atomic E-state index is -4.12. The molecule has 16 heteroatoms. The highest BCUT2D eigenvalue weighted by molar-refractivity contribution is 7.91. The van der Waals surface area contributed by atoms with Crippen LogP contribution in [0.4, 0.5) is 8.78 Å². The van der Waals surface area contributed by atoms with Crippen molar-refractivity contribution in [3.05, 3.63) is 82.0 Å². The molecule has 7 rings (SSSR count). The monoisotopic (exact) mass is 767 g/mol. The van der Waals surface area contributed by atoms with Gasteiger partial charge in [0, 0.05) is 17.5 Å². The summed E-state index contributed by atoms with van der Waals surface area (Å²) in [5.41, 5.74) is 1.10. The number of carbonyl (C=O) groups is 4. The summed E-state index contributed by atoms with van der Waals surface area (Å²) in [7, 11) is -4.12. The number of fused-ring (bicyclic) bond motifs is 3. The van der Waals surface area contributed by atoms with E-state index >= 15 is 0 Å². The summed E-state index contributed by atoms with van der Waals surface area (Å²) in [4.78, 5) is 62.8. The van der Waals surface area contributed by atoms with Crippen molar-refractivity contribution in [2.24, 2.45) is 16.5 Å². The summed E-state index contributed by atoms with van der Waals surface area (Å²) in [6, 6.07) is 16.2. The predicted molar refractivity (Wildman–Crippen MR) is 193 cm³/mol. The molecule has 0 unspecified atom stereocenters. The molecular weight excluding hydrogens is 729 g/mol. The molecule has 3 N–H and O–H groups in total. The molecule has 12 nitrogen and oxygen atoms in total. The molecule has 2 aromatic carbocycles. The molecule has 1 saturated heterocycles. The number of thiophene rings is 1. The Morgan fingerprint density at radius 3 is 2.11 bits per heavy atom. The van der Waals surface area contributed by atoms with Crippen LogP contribution in [0, 0.1) is 11.3 Å². The van der Waals surface area contributed by atoms with E-state index in [-0.39, 0.29) is 13.0 Å². The van der Waals surface area contributed by atoms with E-state index in [2.05, 4.69) is 15.8 Å². The number of nitrogens with zero attached hydrogens (tertiary/aromatic N) is 2. The zero-order valence-corrected chi connectivity index (χ0v) is 30.8. The average Bonchev–Trinajstić information content (AvgIpc) is 3.94. The van der Waals surface area contributed by atoms with Crippen LogP contribution >= 0.6 is 11.3 Å². The first-order valence-corrected chi connectivity index (χ1v) is 19.8. The van der Waals surface area contributed by atoms with Crippen LogP contribution in [-0.4, -0.2) is 84.6 Å². The number of likely N-dealkylation sites (tertiary alicyclic amines) is 1. The zero-order chi connectivity index (χ0) is 37.9. The van der Waals surface area contributed by atoms with Crippen molar-refractivity contribution in [2.75, 3.05) is 6.54 Å². The molecule has 1 aromatic heterocycles. The fraction of sp³-hybridized carbons (Fsp3) is 0.432. The van der Waals surface area contributed by atoms with E-state index < -0.39 is 86.8 Å². The number of nitrogens with one attached hydrogen (secondary N) is 3. The molecule has 0 bridgehead atoms. The lowest BCUT2D eigenvalue weighted by molar-refractivity contribution is -0.143. The number of halogens is 2. The minimum absolute atomic E-state index is 0.134. The number of hydrogen-bond donors (Lipinski definition) is 3. The standard InChI is InChI=1S/C37H39F2N5O7S2/c1-36(2,3)30(40-33(46)28-13-8-16-52-28)34(47)44-19-20(51-42-29-24-11-6-4-9-22(24)23-10-5-7-12-25(23)29)17-27(44)32(45)41-37(18-26(37)31(38)39)35(48)43-53(49,50)21-14-15-21/h4-13,16,20-21,26-27,30-31H,14-15,17-19H2,1-3H3,(H,40,46)(H,41,45)(H,43,48)/t20-,26+,27+,30-,37+/m1/s1. The second kappa shape index (κ2) is 13.6. The van der Waals surface area contributed by atoms with Crippen molar-refractivity contribution >= 4 is 50.7 Å². The van der Waals surface area contributed by atoms with Gasteiger partial charge in [-0.05, 0) is 47.3 Å². The van der Waals surface area contributed by atoms with Gasteiger partial charge >= 0.3 is 0 Å². The van der Waals surface area contributed by atoms with Gasteiger partial charge in [-0.2, -0.15) is 0 Å². The Morgan fingerprint density at radius 1 is 0.962 bits per heavy atom. The van der Waals surface area contributed by atoms with Gasteiger partial charge in [0.1, 0.15) is 29.4 Å². The number of carbonyl (C=O) groups excluding carboxylic acids is 4. The lowest BCUT2D eigenvalue weighted by Gasteiger charge is -2.35. The van der Waals surface area contributed by atoms with Crippen molar-refractivity contribution < 1.29 is 41.2 Å². The highest BCUT2D eigenvalue weighted by Crippen LogP contribution is 2.48. The van der Waals surface area contributed by atoms with Gasteiger partial charge in [0.15, 0.2) is 0 Å². The Kier molecular flexibility index (Phi) is 9.41. The molecule has 280 valence electrons. The summed E-state index contributed by atoms with van der Waals surface area (Å²) in [5, 5.41) is 10.7. The van der Waals surface area contributed by atoms with Crippen LogP contribution in [0.2, 0.25) is 0 Å². The molecule has 4 aliphatic rings. The van der Waals surface area contributed by atoms with Gasteiger partial charge in [-0.25, -0.2) is 17.2 Å². The number of alkyl halides is 2. The van der Waals surface area contributed by atoms with E-state index in [0.29, 0.717) is 23.4 Å². The van der Waals surface area contributed by atoms with E-state index in [9.17, 15) is 36.4 Å². The lowest BCUT2D eigenvalue weighted by Crippen LogP contribution is -2.60. The Morgan fingerprint density at radius 2 is 1.58 bits per heavy atom. The van der Waals surface area contributed by atoms with Crippen molar-refractivity contribution in [3.8, 4) is 11.1 Å². The Balaban J connectivity index is 1.18. The van der Waals surface area contributed by atoms with Crippen molar-refractivity contribution in [1.82, 2.24) is 20.3 Å². The highest BCUT2D eigenvalue weighted by atomic mass is 32.2. The Labute approximate surface area is 309 Å². The predicted octanol–water partition coefficient (Wildman–Crippen LogP) is 4.06. The maximum absolute atomic E-state index is 14.5. The largest absolute Gasteiger partial charge is 0.390 e. The smallest absolute Gasteiger partial charge is 0.262 e. The van der Waals surface area contributed by atoms with E-state index in [0.717, 1.165) is 22.3 Å². The first kappa shape index (κ1) is 36.6. The normalized spacial score (nSPS) is 23.8. The quantitative estimate of drug-likeness (QED) is 0.194. The van der Waals surface area contributed by atoms with Gasteiger partial charge in [0.25, 0.3) is 11.8 Å². The van der Waals surface area contributed by atoms with Gasteiger partial charge < -0.3 is 20.4 Å². The van der Waals surface area contributed by atoms with Crippen molar-refractivity contribution in [1.29, 1.82) is 0 Å². The number of rotatable bonds is 11. The van der Waals surface area contributed by atoms with Gasteiger partial charge in [-0.1, -0.05) is 80.5 Å². The molecule has 3 fully saturated rings. The molecular formula is C37H39F2N5O7S2. The number of sulfonamides is 1. The minimum Gasteiger partial charge on any atom is -0.390 e. The Bertz CT molecular complexity index is 2050. The fourth-order valence-electron chi connectivity index (χ4n) is 7.05. The molecule has 53 heavy (non-hydrogen) atoms. The number of amides is 4. The summed E-state index contributed by atoms with van der Waals surface area (Å²) in [6.07, 6.45) is -3.85. The van der Waals surface area contributed by atoms with Gasteiger partial charge in [0.05, 0.1) is 22.6 Å². The third-order valence-electron chi connectivity index (χ3n) is 10.2. The molecule has 0 radical (unpaired) electrons. The SMILES string of the molecule is CC(C)(C)[C@H](NC(=O)c1cccs1)C(=O)N1C[C@H](ON=C2c3ccccc3-c3ccccc32)C[C@H]1C(=O)N[C@@]1(C(=O)NS(=O)(=O)C2CC2)C[C@H]1C(F)F. The second-order valence-electron chi connectivity index (χ2n) is 15.0. The Hall–Kier alpha value is -4.70. The van der Waals surface area contributed by atoms with Gasteiger partial charge in [-0.15, -0.1) is 11.3 Å². The summed E-state index contributed by atoms with van der Waals surface area (Å²) in [5.74, 6) is -4.94. The highest BCUT2D eigenvalue weighted by Gasteiger charge is 2.67. The van der Waals surface area contributed by atoms with E-state index in [1.54, 1.807) is 38.3 Å². The van der Waals surface area contributed by atoms with E-state index in [1.807, 2.05) is 53.3 Å². The first-order chi connectivity index (χ1) is 25.1. The molecule has 1 aliphatic heterocycles. The van der Waals surface area contributed by atoms with Crippen molar-refractivity contribution in [2.45, 2.75) is 81.9 Å². The van der Waals surface area contributed by atoms with Crippen molar-refractivity contribution in [3.63, 3.8) is 0 Å². The van der Waals surface area contributed by atoms with Gasteiger partial charge in [-0.3, -0.25) is 23.9 Å². The van der Waals surface area contributed by atoms with Crippen LogP contribution in [0.3, 0.4) is 0 Å². The zero-order valence-electron chi connectivity index (χ0n) is 29.2. The summed E-state index contributed by atoms with van der Waals surface area (Å²) in [6.45, 7) is 5.09. The summed E-state index contributed by atoms with van der Waals surface area (Å²) < 4.78 is 55.3. The van der Waals surface area contributed by atoms with E-state index in [4.69, 9.17) is 4.84 Å². The molecule has 2 heterocycles. The van der Waals surface area contributed by atoms with Crippen LogP contribution in [0.25, 0.3) is 11.1 Å². The fourth-order valence-corrected chi connectivity index (χ4v) is 9.04. The maximum Gasteiger partial charge on any atom is 0.262 e. The van der Waals surface area contributed by atoms with Crippen LogP contribution in [0.1, 0.15) is 67.3 Å². The summed E-state index contributed by atoms with van der Waals surface area (Å²) >= 11 is 1.19. The van der Waals surface area contributed by atoms with Crippen LogP contribution < -0.4 is 15.4 Å². The van der Waals surface area contributed by atoms with Crippen LogP contribution in [0.15, 0.2) is 71.2 Å². The lowest BCUT2D eigenvalue weighted by atomic mass is 9.85. The molecule has 5 atom stereocenters. The second-order valence-corrected chi connectivity index (χ2v) is 17.9. The molecule has 0 spiro atoms. The first-order valence-electron chi connectivity index (χ1n) is 17.3. The number of hydrogen-bond acceptors (Lipinski definition) is 9. The number of benzene rings is 2. The molecule has 2 saturated carbocycles. The van der Waals surface area contributed by atoms with Crippen LogP contribution in [0.5, 0.6) is 0 Å². The average molecular weight is 768 g/mol. The topological polar surface area (TPSA) is 163 Å². The molecule has 3 aliphatic carbocycles. The van der Waals surface area contributed by atoms with E-state index in [1.165, 1.54) is 16.2 Å². The number of oxime groups is 1.